The minimum Gasteiger partial charge on any atom is -0.349 e. The van der Waals surface area contributed by atoms with Crippen molar-refractivity contribution in [2.45, 2.75) is 6.54 Å². The summed E-state index contributed by atoms with van der Waals surface area (Å²) in [6.07, 6.45) is 4.27. The van der Waals surface area contributed by atoms with Gasteiger partial charge in [0.15, 0.2) is 0 Å². The van der Waals surface area contributed by atoms with Crippen molar-refractivity contribution in [2.24, 2.45) is 0 Å². The van der Waals surface area contributed by atoms with Crippen LogP contribution in [0.2, 0.25) is 0 Å². The topological polar surface area (TPSA) is 126 Å². The summed E-state index contributed by atoms with van der Waals surface area (Å²) in [7, 11) is 0. The first-order chi connectivity index (χ1) is 10.7. The van der Waals surface area contributed by atoms with E-state index in [1.54, 1.807) is 12.1 Å². The molecule has 3 heterocycles. The number of carbonyl (C=O) groups excluding carboxylic acids is 1. The van der Waals surface area contributed by atoms with Crippen molar-refractivity contribution in [3.05, 3.63) is 57.4 Å². The second-order valence-electron chi connectivity index (χ2n) is 4.51. The first kappa shape index (κ1) is 13.7. The van der Waals surface area contributed by atoms with E-state index >= 15 is 0 Å². The number of fused-ring (bicyclic) bond motifs is 1. The van der Waals surface area contributed by atoms with Crippen LogP contribution in [0.3, 0.4) is 0 Å². The van der Waals surface area contributed by atoms with E-state index in [-0.39, 0.29) is 24.6 Å². The summed E-state index contributed by atoms with van der Waals surface area (Å²) < 4.78 is 1.03. The molecule has 0 saturated heterocycles. The van der Waals surface area contributed by atoms with Gasteiger partial charge in [0.25, 0.3) is 11.5 Å². The van der Waals surface area contributed by atoms with Crippen LogP contribution in [-0.2, 0) is 6.54 Å². The summed E-state index contributed by atoms with van der Waals surface area (Å²) in [5.74, 6) is -0.357. The number of nitrogens with zero attached hydrogens (tertiary/aromatic N) is 3. The van der Waals surface area contributed by atoms with E-state index < -0.39 is 11.2 Å². The average molecular weight is 300 g/mol. The zero-order valence-electron chi connectivity index (χ0n) is 11.4. The molecule has 0 bridgehead atoms. The number of aromatic amines is 2. The zero-order valence-corrected chi connectivity index (χ0v) is 11.4. The van der Waals surface area contributed by atoms with Gasteiger partial charge in [-0.25, -0.2) is 14.8 Å². The minimum atomic E-state index is -0.563. The quantitative estimate of drug-likeness (QED) is 0.584. The predicted molar refractivity (Wildman–Crippen MR) is 77.5 cm³/mol. The molecule has 3 rings (SSSR count). The molecule has 22 heavy (non-hydrogen) atoms. The molecule has 0 fully saturated rings. The Kier molecular flexibility index (Phi) is 3.52. The Morgan fingerprint density at radius 3 is 3.00 bits per heavy atom. The van der Waals surface area contributed by atoms with Crippen molar-refractivity contribution < 1.29 is 4.79 Å². The van der Waals surface area contributed by atoms with Crippen molar-refractivity contribution in [3.63, 3.8) is 0 Å². The molecule has 1 amide bonds. The number of amides is 1. The molecule has 0 saturated carbocycles. The molecule has 0 aliphatic heterocycles. The van der Waals surface area contributed by atoms with Crippen LogP contribution in [0.15, 0.2) is 40.4 Å². The Morgan fingerprint density at radius 1 is 1.36 bits per heavy atom. The molecule has 0 aromatic carbocycles. The average Bonchev–Trinajstić information content (AvgIpc) is 3.05. The van der Waals surface area contributed by atoms with Gasteiger partial charge in [0, 0.05) is 19.3 Å². The Labute approximate surface area is 123 Å². The van der Waals surface area contributed by atoms with E-state index in [1.165, 1.54) is 18.7 Å². The lowest BCUT2D eigenvalue weighted by Gasteiger charge is -2.07. The van der Waals surface area contributed by atoms with E-state index in [4.69, 9.17) is 0 Å². The van der Waals surface area contributed by atoms with Gasteiger partial charge in [-0.3, -0.25) is 19.1 Å². The van der Waals surface area contributed by atoms with Crippen molar-refractivity contribution in [1.82, 2.24) is 29.8 Å². The first-order valence-electron chi connectivity index (χ1n) is 6.51. The number of imidazole rings is 1. The fourth-order valence-corrected chi connectivity index (χ4v) is 2.04. The number of nitrogens with one attached hydrogen (secondary N) is 3. The largest absolute Gasteiger partial charge is 0.349 e. The smallest absolute Gasteiger partial charge is 0.330 e. The van der Waals surface area contributed by atoms with Crippen LogP contribution < -0.4 is 16.6 Å². The van der Waals surface area contributed by atoms with Gasteiger partial charge in [-0.05, 0) is 12.1 Å². The van der Waals surface area contributed by atoms with Crippen LogP contribution in [0.1, 0.15) is 10.5 Å². The minimum absolute atomic E-state index is 0.0544. The molecule has 0 atom stereocenters. The van der Waals surface area contributed by atoms with Crippen LogP contribution in [0.25, 0.3) is 11.0 Å². The van der Waals surface area contributed by atoms with Crippen LogP contribution in [0, 0.1) is 0 Å². The molecule has 0 aliphatic carbocycles. The highest BCUT2D eigenvalue weighted by atomic mass is 16.2. The first-order valence-corrected chi connectivity index (χ1v) is 6.51. The molecule has 9 heteroatoms. The number of hydrogen-bond acceptors (Lipinski definition) is 5. The third-order valence-corrected chi connectivity index (χ3v) is 3.12. The molecule has 3 N–H and O–H groups in total. The van der Waals surface area contributed by atoms with E-state index in [0.29, 0.717) is 11.1 Å². The van der Waals surface area contributed by atoms with E-state index in [0.717, 1.165) is 4.57 Å². The standard InChI is InChI=1S/C13H12N6O3/c20-11(9-6-14-7-17-9)16-4-5-19-12(21)8-2-1-3-15-10(8)18-13(19)22/h1-3,6-7H,4-5H2,(H,14,17)(H,16,20)(H,15,18,22). The van der Waals surface area contributed by atoms with Gasteiger partial charge in [0.05, 0.1) is 17.9 Å². The van der Waals surface area contributed by atoms with Gasteiger partial charge in [0.1, 0.15) is 11.3 Å². The van der Waals surface area contributed by atoms with Crippen LogP contribution >= 0.6 is 0 Å². The molecule has 0 aliphatic rings. The molecule has 0 unspecified atom stereocenters. The number of carbonyl (C=O) groups is 1. The van der Waals surface area contributed by atoms with Crippen LogP contribution in [0.5, 0.6) is 0 Å². The monoisotopic (exact) mass is 300 g/mol. The molecular weight excluding hydrogens is 288 g/mol. The summed E-state index contributed by atoms with van der Waals surface area (Å²) in [4.78, 5) is 48.7. The lowest BCUT2D eigenvalue weighted by Crippen LogP contribution is -2.39. The predicted octanol–water partition coefficient (Wildman–Crippen LogP) is -0.762. The second kappa shape index (κ2) is 5.64. The van der Waals surface area contributed by atoms with Crippen molar-refractivity contribution >= 4 is 16.9 Å². The SMILES string of the molecule is O=C(NCCn1c(=O)[nH]c2ncccc2c1=O)c1cnc[nH]1. The maximum Gasteiger partial charge on any atom is 0.330 e. The van der Waals surface area contributed by atoms with E-state index in [9.17, 15) is 14.4 Å². The van der Waals surface area contributed by atoms with Crippen LogP contribution in [0.4, 0.5) is 0 Å². The molecule has 9 nitrogen and oxygen atoms in total. The lowest BCUT2D eigenvalue weighted by atomic mass is 10.3. The Morgan fingerprint density at radius 2 is 2.23 bits per heavy atom. The van der Waals surface area contributed by atoms with Gasteiger partial charge < -0.3 is 10.3 Å². The number of pyridine rings is 1. The fraction of sp³-hybridized carbons (Fsp3) is 0.154. The molecule has 3 aromatic heterocycles. The maximum absolute atomic E-state index is 12.2. The van der Waals surface area contributed by atoms with E-state index in [2.05, 4.69) is 25.3 Å². The number of rotatable bonds is 4. The Bertz CT molecular complexity index is 925. The van der Waals surface area contributed by atoms with Gasteiger partial charge >= 0.3 is 5.69 Å². The summed E-state index contributed by atoms with van der Waals surface area (Å²) in [5.41, 5.74) is -0.450. The third kappa shape index (κ3) is 2.51. The summed E-state index contributed by atoms with van der Waals surface area (Å²) in [6, 6.07) is 3.20. The van der Waals surface area contributed by atoms with Gasteiger partial charge in [0.2, 0.25) is 0 Å². The Balaban J connectivity index is 1.78. The third-order valence-electron chi connectivity index (χ3n) is 3.12. The Hall–Kier alpha value is -3.23. The van der Waals surface area contributed by atoms with Gasteiger partial charge in [-0.1, -0.05) is 0 Å². The lowest BCUT2D eigenvalue weighted by molar-refractivity contribution is 0.0947. The fourth-order valence-electron chi connectivity index (χ4n) is 2.04. The molecule has 112 valence electrons. The molecule has 0 radical (unpaired) electrons. The zero-order chi connectivity index (χ0) is 15.5. The van der Waals surface area contributed by atoms with Gasteiger partial charge in [-0.2, -0.15) is 0 Å². The number of hydrogen-bond donors (Lipinski definition) is 3. The van der Waals surface area contributed by atoms with E-state index in [1.807, 2.05) is 0 Å². The summed E-state index contributed by atoms with van der Waals surface area (Å²) >= 11 is 0. The van der Waals surface area contributed by atoms with Crippen molar-refractivity contribution in [3.8, 4) is 0 Å². The highest BCUT2D eigenvalue weighted by molar-refractivity contribution is 5.91. The highest BCUT2D eigenvalue weighted by Crippen LogP contribution is 1.98. The summed E-state index contributed by atoms with van der Waals surface area (Å²) in [6.45, 7) is 0.186. The molecule has 3 aromatic rings. The second-order valence-corrected chi connectivity index (χ2v) is 4.51. The maximum atomic E-state index is 12.2. The molecular formula is C13H12N6O3. The molecule has 0 spiro atoms. The normalized spacial score (nSPS) is 10.7. The van der Waals surface area contributed by atoms with Gasteiger partial charge in [-0.15, -0.1) is 0 Å². The van der Waals surface area contributed by atoms with Crippen LogP contribution in [-0.4, -0.2) is 37.0 Å². The summed E-state index contributed by atoms with van der Waals surface area (Å²) in [5, 5.41) is 2.92. The van der Waals surface area contributed by atoms with Crippen molar-refractivity contribution in [2.75, 3.05) is 6.54 Å². The number of H-pyrrole nitrogens is 2. The van der Waals surface area contributed by atoms with Crippen molar-refractivity contribution in [1.29, 1.82) is 0 Å². The number of aromatic nitrogens is 5. The highest BCUT2D eigenvalue weighted by Gasteiger charge is 2.09.